The molecule has 30 heavy (non-hydrogen) atoms. The van der Waals surface area contributed by atoms with Gasteiger partial charge in [-0.15, -0.1) is 11.8 Å². The molecule has 0 saturated carbocycles. The van der Waals surface area contributed by atoms with Crippen LogP contribution < -0.4 is 5.32 Å². The number of carbonyl (C=O) groups excluding carboxylic acids is 2. The molecular formula is C25H24N2O2S. The van der Waals surface area contributed by atoms with E-state index in [2.05, 4.69) is 5.32 Å². The zero-order chi connectivity index (χ0) is 21.1. The average Bonchev–Trinajstić information content (AvgIpc) is 3.12. The zero-order valence-electron chi connectivity index (χ0n) is 17.1. The largest absolute Gasteiger partial charge is 0.322 e. The lowest BCUT2D eigenvalue weighted by atomic mass is 10.1. The molecular weight excluding hydrogens is 392 g/mol. The Balaban J connectivity index is 1.49. The fraction of sp³-hybridized carbons (Fsp3) is 0.200. The molecule has 3 aromatic rings. The fourth-order valence-electron chi connectivity index (χ4n) is 3.55. The topological polar surface area (TPSA) is 49.4 Å². The molecule has 1 atom stereocenters. The SMILES string of the molecule is Cc1ccc(C)c(NC(=O)c2ccc([C@@H]3SCC(=O)N3Cc3ccccc3)cc2)c1. The van der Waals surface area contributed by atoms with Gasteiger partial charge in [0.2, 0.25) is 5.91 Å². The van der Waals surface area contributed by atoms with Crippen LogP contribution >= 0.6 is 11.8 Å². The second-order valence-corrected chi connectivity index (χ2v) is 8.63. The first-order valence-corrected chi connectivity index (χ1v) is 11.0. The van der Waals surface area contributed by atoms with E-state index in [1.54, 1.807) is 11.8 Å². The molecule has 4 rings (SSSR count). The van der Waals surface area contributed by atoms with Crippen molar-refractivity contribution in [2.45, 2.75) is 25.8 Å². The normalized spacial score (nSPS) is 16.0. The third-order valence-electron chi connectivity index (χ3n) is 5.26. The Hall–Kier alpha value is -3.05. The molecule has 0 radical (unpaired) electrons. The van der Waals surface area contributed by atoms with Crippen LogP contribution in [0.15, 0.2) is 72.8 Å². The van der Waals surface area contributed by atoms with Crippen LogP contribution in [0.5, 0.6) is 0 Å². The predicted molar refractivity (Wildman–Crippen MR) is 123 cm³/mol. The number of anilines is 1. The van der Waals surface area contributed by atoms with Gasteiger partial charge in [0.05, 0.1) is 5.75 Å². The lowest BCUT2D eigenvalue weighted by molar-refractivity contribution is -0.128. The molecule has 3 aromatic carbocycles. The Labute approximate surface area is 181 Å². The van der Waals surface area contributed by atoms with Gasteiger partial charge in [0.25, 0.3) is 5.91 Å². The summed E-state index contributed by atoms with van der Waals surface area (Å²) in [6.45, 7) is 4.58. The molecule has 0 bridgehead atoms. The van der Waals surface area contributed by atoms with E-state index >= 15 is 0 Å². The number of aryl methyl sites for hydroxylation is 2. The summed E-state index contributed by atoms with van der Waals surface area (Å²) < 4.78 is 0. The molecule has 5 heteroatoms. The van der Waals surface area contributed by atoms with Crippen molar-refractivity contribution in [1.29, 1.82) is 0 Å². The van der Waals surface area contributed by atoms with Crippen molar-refractivity contribution >= 4 is 29.3 Å². The van der Waals surface area contributed by atoms with Crippen LogP contribution in [-0.2, 0) is 11.3 Å². The Morgan fingerprint density at radius 1 is 1.03 bits per heavy atom. The summed E-state index contributed by atoms with van der Waals surface area (Å²) >= 11 is 1.63. The Morgan fingerprint density at radius 3 is 2.50 bits per heavy atom. The number of hydrogen-bond acceptors (Lipinski definition) is 3. The molecule has 1 aliphatic rings. The number of hydrogen-bond donors (Lipinski definition) is 1. The highest BCUT2D eigenvalue weighted by Gasteiger charge is 2.32. The smallest absolute Gasteiger partial charge is 0.255 e. The Morgan fingerprint density at radius 2 is 1.77 bits per heavy atom. The van der Waals surface area contributed by atoms with Gasteiger partial charge in [-0.1, -0.05) is 54.6 Å². The highest BCUT2D eigenvalue weighted by atomic mass is 32.2. The van der Waals surface area contributed by atoms with Crippen LogP contribution in [0.4, 0.5) is 5.69 Å². The molecule has 0 unspecified atom stereocenters. The van der Waals surface area contributed by atoms with Crippen molar-refractivity contribution in [1.82, 2.24) is 4.90 Å². The number of benzene rings is 3. The third-order valence-corrected chi connectivity index (χ3v) is 6.52. The maximum absolute atomic E-state index is 12.7. The van der Waals surface area contributed by atoms with Crippen LogP contribution in [-0.4, -0.2) is 22.5 Å². The molecule has 0 spiro atoms. The van der Waals surface area contributed by atoms with Crippen molar-refractivity contribution in [3.05, 3.63) is 101 Å². The second kappa shape index (κ2) is 8.76. The molecule has 1 N–H and O–H groups in total. The van der Waals surface area contributed by atoms with E-state index in [4.69, 9.17) is 0 Å². The molecule has 0 aliphatic carbocycles. The minimum Gasteiger partial charge on any atom is -0.322 e. The van der Waals surface area contributed by atoms with Gasteiger partial charge in [0.1, 0.15) is 5.37 Å². The van der Waals surface area contributed by atoms with Gasteiger partial charge < -0.3 is 10.2 Å². The summed E-state index contributed by atoms with van der Waals surface area (Å²) in [7, 11) is 0. The van der Waals surface area contributed by atoms with E-state index in [9.17, 15) is 9.59 Å². The van der Waals surface area contributed by atoms with Gasteiger partial charge in [0, 0.05) is 17.8 Å². The third kappa shape index (κ3) is 4.41. The number of rotatable bonds is 5. The van der Waals surface area contributed by atoms with Crippen molar-refractivity contribution < 1.29 is 9.59 Å². The van der Waals surface area contributed by atoms with Crippen LogP contribution in [0, 0.1) is 13.8 Å². The van der Waals surface area contributed by atoms with E-state index in [1.807, 2.05) is 91.5 Å². The summed E-state index contributed by atoms with van der Waals surface area (Å²) in [5.74, 6) is 0.490. The second-order valence-electron chi connectivity index (χ2n) is 7.57. The monoisotopic (exact) mass is 416 g/mol. The van der Waals surface area contributed by atoms with Crippen LogP contribution in [0.1, 0.15) is 38.0 Å². The quantitative estimate of drug-likeness (QED) is 0.612. The van der Waals surface area contributed by atoms with Gasteiger partial charge in [-0.25, -0.2) is 0 Å². The average molecular weight is 417 g/mol. The summed E-state index contributed by atoms with van der Waals surface area (Å²) in [5.41, 5.74) is 5.71. The Kier molecular flexibility index (Phi) is 5.91. The minimum absolute atomic E-state index is 0.0335. The van der Waals surface area contributed by atoms with Crippen LogP contribution in [0.2, 0.25) is 0 Å². The van der Waals surface area contributed by atoms with Crippen molar-refractivity contribution in [2.24, 2.45) is 0 Å². The van der Waals surface area contributed by atoms with Gasteiger partial charge in [0.15, 0.2) is 0 Å². The van der Waals surface area contributed by atoms with E-state index in [1.165, 1.54) is 0 Å². The van der Waals surface area contributed by atoms with E-state index in [-0.39, 0.29) is 17.2 Å². The molecule has 1 aliphatic heterocycles. The van der Waals surface area contributed by atoms with Crippen LogP contribution in [0.3, 0.4) is 0 Å². The van der Waals surface area contributed by atoms with Crippen molar-refractivity contribution in [3.63, 3.8) is 0 Å². The van der Waals surface area contributed by atoms with Gasteiger partial charge in [-0.2, -0.15) is 0 Å². The highest BCUT2D eigenvalue weighted by Crippen LogP contribution is 2.39. The number of nitrogens with one attached hydrogen (secondary N) is 1. The highest BCUT2D eigenvalue weighted by molar-refractivity contribution is 8.00. The first-order chi connectivity index (χ1) is 14.5. The summed E-state index contributed by atoms with van der Waals surface area (Å²) in [4.78, 5) is 27.0. The Bertz CT molecular complexity index is 1060. The van der Waals surface area contributed by atoms with Crippen molar-refractivity contribution in [2.75, 3.05) is 11.1 Å². The van der Waals surface area contributed by atoms with E-state index in [0.717, 1.165) is 27.9 Å². The van der Waals surface area contributed by atoms with E-state index < -0.39 is 0 Å². The van der Waals surface area contributed by atoms with Gasteiger partial charge in [-0.05, 0) is 54.3 Å². The summed E-state index contributed by atoms with van der Waals surface area (Å²) in [6.07, 6.45) is 0. The first kappa shape index (κ1) is 20.2. The zero-order valence-corrected chi connectivity index (χ0v) is 17.9. The maximum Gasteiger partial charge on any atom is 0.255 e. The fourth-order valence-corrected chi connectivity index (χ4v) is 4.73. The minimum atomic E-state index is -0.133. The molecule has 0 aromatic heterocycles. The molecule has 1 fully saturated rings. The maximum atomic E-state index is 12.7. The molecule has 1 saturated heterocycles. The number of nitrogens with zero attached hydrogens (tertiary/aromatic N) is 1. The molecule has 2 amide bonds. The van der Waals surface area contributed by atoms with E-state index in [0.29, 0.717) is 17.9 Å². The molecule has 1 heterocycles. The summed E-state index contributed by atoms with van der Waals surface area (Å²) in [5, 5.41) is 2.96. The summed E-state index contributed by atoms with van der Waals surface area (Å²) in [6, 6.07) is 23.6. The standard InChI is InChI=1S/C25H24N2O2S/c1-17-8-9-18(2)22(14-17)26-24(29)20-10-12-21(13-11-20)25-27(23(28)16-30-25)15-19-6-4-3-5-7-19/h3-14,25H,15-16H2,1-2H3,(H,26,29)/t25-/m0/s1. The van der Waals surface area contributed by atoms with Gasteiger partial charge >= 0.3 is 0 Å². The predicted octanol–water partition coefficient (Wildman–Crippen LogP) is 5.33. The molecule has 152 valence electrons. The number of amides is 2. The van der Waals surface area contributed by atoms with Crippen molar-refractivity contribution in [3.8, 4) is 0 Å². The lowest BCUT2D eigenvalue weighted by Gasteiger charge is -2.24. The molecule has 4 nitrogen and oxygen atoms in total. The number of thioether (sulfide) groups is 1. The van der Waals surface area contributed by atoms with Crippen LogP contribution in [0.25, 0.3) is 0 Å². The lowest BCUT2D eigenvalue weighted by Crippen LogP contribution is -2.27. The van der Waals surface area contributed by atoms with Gasteiger partial charge in [-0.3, -0.25) is 9.59 Å². The number of carbonyl (C=O) groups is 2. The first-order valence-electron chi connectivity index (χ1n) is 9.95.